The van der Waals surface area contributed by atoms with Crippen molar-refractivity contribution >= 4 is 21.6 Å². The third-order valence-corrected chi connectivity index (χ3v) is 5.24. The van der Waals surface area contributed by atoms with Crippen LogP contribution in [0.25, 0.3) is 0 Å². The molecule has 2 aromatic carbocycles. The Kier molecular flexibility index (Phi) is 6.26. The fourth-order valence-corrected chi connectivity index (χ4v) is 2.90. The van der Waals surface area contributed by atoms with Crippen molar-refractivity contribution in [2.45, 2.75) is 19.9 Å². The first-order chi connectivity index (χ1) is 12.2. The molecule has 2 rings (SSSR count). The molecule has 0 heterocycles. The number of nitrogens with one attached hydrogen (secondary N) is 1. The molecule has 7 heteroatoms. The standard InChI is InChI=1S/C19H24N2O4S/c1-5-25-18-12-8-15(9-13-18)14(2)20-19(22)16-6-10-17(11-7-16)21(3)26(4,23)24/h6-14H,5H2,1-4H3,(H,20,22)/t14-/m0/s1. The zero-order valence-corrected chi connectivity index (χ0v) is 16.2. The highest BCUT2D eigenvalue weighted by Gasteiger charge is 2.14. The molecule has 140 valence electrons. The molecule has 0 aliphatic carbocycles. The van der Waals surface area contributed by atoms with E-state index in [1.54, 1.807) is 24.3 Å². The molecule has 0 saturated carbocycles. The maximum Gasteiger partial charge on any atom is 0.251 e. The number of hydrogen-bond donors (Lipinski definition) is 1. The molecule has 6 nitrogen and oxygen atoms in total. The molecule has 0 fully saturated rings. The summed E-state index contributed by atoms with van der Waals surface area (Å²) >= 11 is 0. The topological polar surface area (TPSA) is 75.7 Å². The summed E-state index contributed by atoms with van der Waals surface area (Å²) in [6.45, 7) is 4.44. The number of benzene rings is 2. The number of ether oxygens (including phenoxy) is 1. The molecule has 0 bridgehead atoms. The summed E-state index contributed by atoms with van der Waals surface area (Å²) in [4.78, 5) is 12.4. The zero-order chi connectivity index (χ0) is 19.3. The van der Waals surface area contributed by atoms with Crippen LogP contribution in [-0.2, 0) is 10.0 Å². The van der Waals surface area contributed by atoms with Crippen molar-refractivity contribution in [3.63, 3.8) is 0 Å². The SMILES string of the molecule is CCOc1ccc([C@H](C)NC(=O)c2ccc(N(C)S(C)(=O)=O)cc2)cc1. The van der Waals surface area contributed by atoms with Crippen molar-refractivity contribution in [3.05, 3.63) is 59.7 Å². The van der Waals surface area contributed by atoms with Crippen LogP contribution >= 0.6 is 0 Å². The molecule has 0 unspecified atom stereocenters. The van der Waals surface area contributed by atoms with Gasteiger partial charge in [0.15, 0.2) is 0 Å². The van der Waals surface area contributed by atoms with E-state index in [9.17, 15) is 13.2 Å². The smallest absolute Gasteiger partial charge is 0.251 e. The summed E-state index contributed by atoms with van der Waals surface area (Å²) in [5.41, 5.74) is 1.94. The Hall–Kier alpha value is -2.54. The Labute approximate surface area is 154 Å². The van der Waals surface area contributed by atoms with Crippen LogP contribution in [0.4, 0.5) is 5.69 Å². The van der Waals surface area contributed by atoms with Crippen molar-refractivity contribution in [1.29, 1.82) is 0 Å². The number of rotatable bonds is 7. The minimum absolute atomic E-state index is 0.170. The number of anilines is 1. The fraction of sp³-hybridized carbons (Fsp3) is 0.316. The van der Waals surface area contributed by atoms with Gasteiger partial charge in [0.2, 0.25) is 10.0 Å². The quantitative estimate of drug-likeness (QED) is 0.806. The molecular weight excluding hydrogens is 352 g/mol. The van der Waals surface area contributed by atoms with Crippen molar-refractivity contribution in [2.75, 3.05) is 24.2 Å². The number of carbonyl (C=O) groups is 1. The molecule has 2 aromatic rings. The molecule has 0 saturated heterocycles. The average Bonchev–Trinajstić information content (AvgIpc) is 2.61. The second-order valence-electron chi connectivity index (χ2n) is 5.97. The van der Waals surface area contributed by atoms with Gasteiger partial charge >= 0.3 is 0 Å². The van der Waals surface area contributed by atoms with Gasteiger partial charge in [-0.05, 0) is 55.8 Å². The van der Waals surface area contributed by atoms with Crippen molar-refractivity contribution < 1.29 is 17.9 Å². The summed E-state index contributed by atoms with van der Waals surface area (Å²) in [6.07, 6.45) is 1.13. The van der Waals surface area contributed by atoms with Crippen LogP contribution in [0.3, 0.4) is 0 Å². The van der Waals surface area contributed by atoms with Crippen LogP contribution in [0.5, 0.6) is 5.75 Å². The predicted molar refractivity (Wildman–Crippen MR) is 103 cm³/mol. The van der Waals surface area contributed by atoms with Gasteiger partial charge in [-0.15, -0.1) is 0 Å². The maximum atomic E-state index is 12.4. The van der Waals surface area contributed by atoms with E-state index in [4.69, 9.17) is 4.74 Å². The van der Waals surface area contributed by atoms with Gasteiger partial charge in [-0.1, -0.05) is 12.1 Å². The first kappa shape index (κ1) is 19.8. The van der Waals surface area contributed by atoms with E-state index in [1.807, 2.05) is 38.1 Å². The Morgan fingerprint density at radius 1 is 1.12 bits per heavy atom. The molecule has 0 spiro atoms. The Balaban J connectivity index is 2.04. The predicted octanol–water partition coefficient (Wildman–Crippen LogP) is 2.97. The molecule has 1 atom stereocenters. The van der Waals surface area contributed by atoms with Crippen LogP contribution in [-0.4, -0.2) is 34.2 Å². The average molecular weight is 376 g/mol. The summed E-state index contributed by atoms with van der Waals surface area (Å²) < 4.78 is 29.7. The van der Waals surface area contributed by atoms with Crippen LogP contribution in [0.15, 0.2) is 48.5 Å². The second-order valence-corrected chi connectivity index (χ2v) is 7.99. The van der Waals surface area contributed by atoms with Gasteiger partial charge in [-0.3, -0.25) is 9.10 Å². The van der Waals surface area contributed by atoms with Crippen LogP contribution in [0.1, 0.15) is 35.8 Å². The van der Waals surface area contributed by atoms with E-state index in [2.05, 4.69) is 5.32 Å². The van der Waals surface area contributed by atoms with Crippen LogP contribution < -0.4 is 14.4 Å². The normalized spacial score (nSPS) is 12.3. The number of hydrogen-bond acceptors (Lipinski definition) is 4. The lowest BCUT2D eigenvalue weighted by Gasteiger charge is -2.18. The molecule has 0 aliphatic heterocycles. The number of carbonyl (C=O) groups excluding carboxylic acids is 1. The fourth-order valence-electron chi connectivity index (χ4n) is 2.40. The Morgan fingerprint density at radius 2 is 1.69 bits per heavy atom. The highest BCUT2D eigenvalue weighted by molar-refractivity contribution is 7.92. The Morgan fingerprint density at radius 3 is 2.19 bits per heavy atom. The van der Waals surface area contributed by atoms with Crippen molar-refractivity contribution in [2.24, 2.45) is 0 Å². The Bertz CT molecular complexity index is 846. The number of amides is 1. The minimum Gasteiger partial charge on any atom is -0.494 e. The van der Waals surface area contributed by atoms with E-state index < -0.39 is 10.0 Å². The highest BCUT2D eigenvalue weighted by atomic mass is 32.2. The van der Waals surface area contributed by atoms with Gasteiger partial charge in [0.1, 0.15) is 5.75 Å². The van der Waals surface area contributed by atoms with Gasteiger partial charge in [0.05, 0.1) is 24.6 Å². The summed E-state index contributed by atoms with van der Waals surface area (Å²) in [6, 6.07) is 13.8. The first-order valence-electron chi connectivity index (χ1n) is 8.30. The largest absolute Gasteiger partial charge is 0.494 e. The van der Waals surface area contributed by atoms with Crippen molar-refractivity contribution in [1.82, 2.24) is 5.32 Å². The number of nitrogens with zero attached hydrogens (tertiary/aromatic N) is 1. The lowest BCUT2D eigenvalue weighted by Crippen LogP contribution is -2.27. The third-order valence-electron chi connectivity index (χ3n) is 4.03. The van der Waals surface area contributed by atoms with E-state index in [1.165, 1.54) is 7.05 Å². The van der Waals surface area contributed by atoms with Gasteiger partial charge in [0, 0.05) is 12.6 Å². The van der Waals surface area contributed by atoms with Crippen LogP contribution in [0.2, 0.25) is 0 Å². The van der Waals surface area contributed by atoms with E-state index >= 15 is 0 Å². The zero-order valence-electron chi connectivity index (χ0n) is 15.4. The molecule has 0 aromatic heterocycles. The molecule has 0 radical (unpaired) electrons. The van der Waals surface area contributed by atoms with Gasteiger partial charge in [-0.2, -0.15) is 0 Å². The second kappa shape index (κ2) is 8.23. The monoisotopic (exact) mass is 376 g/mol. The molecule has 0 aliphatic rings. The molecule has 26 heavy (non-hydrogen) atoms. The third kappa shape index (κ3) is 4.98. The maximum absolute atomic E-state index is 12.4. The summed E-state index contributed by atoms with van der Waals surface area (Å²) in [5, 5.41) is 2.93. The molecule has 1 N–H and O–H groups in total. The van der Waals surface area contributed by atoms with E-state index in [0.29, 0.717) is 17.9 Å². The summed E-state index contributed by atoms with van der Waals surface area (Å²) in [7, 11) is -1.86. The number of sulfonamides is 1. The lowest BCUT2D eigenvalue weighted by molar-refractivity contribution is 0.0940. The molecular formula is C19H24N2O4S. The first-order valence-corrected chi connectivity index (χ1v) is 10.1. The lowest BCUT2D eigenvalue weighted by atomic mass is 10.1. The molecule has 1 amide bonds. The van der Waals surface area contributed by atoms with E-state index in [-0.39, 0.29) is 11.9 Å². The highest BCUT2D eigenvalue weighted by Crippen LogP contribution is 2.19. The van der Waals surface area contributed by atoms with Gasteiger partial charge in [0.25, 0.3) is 5.91 Å². The summed E-state index contributed by atoms with van der Waals surface area (Å²) in [5.74, 6) is 0.570. The van der Waals surface area contributed by atoms with E-state index in [0.717, 1.165) is 21.9 Å². The minimum atomic E-state index is -3.33. The van der Waals surface area contributed by atoms with Crippen molar-refractivity contribution in [3.8, 4) is 5.75 Å². The van der Waals surface area contributed by atoms with Crippen LogP contribution in [0, 0.1) is 0 Å². The van der Waals surface area contributed by atoms with Gasteiger partial charge < -0.3 is 10.1 Å². The van der Waals surface area contributed by atoms with Gasteiger partial charge in [-0.25, -0.2) is 8.42 Å².